The SMILES string of the molecule is Cn1nc(C(F)(F)F)cc1C(=O)NC1CCCn2nc(-c3cnnc(C(F)(F)F)c3)cc21. The van der Waals surface area contributed by atoms with Crippen molar-refractivity contribution in [3.8, 4) is 11.3 Å². The number of carbonyl (C=O) groups is 1. The molecule has 8 nitrogen and oxygen atoms in total. The van der Waals surface area contributed by atoms with Crippen LogP contribution in [0.1, 0.15) is 46.5 Å². The lowest BCUT2D eigenvalue weighted by Gasteiger charge is -2.24. The Bertz CT molecular complexity index is 1160. The lowest BCUT2D eigenvalue weighted by molar-refractivity contribution is -0.142. The molecule has 0 saturated carbocycles. The van der Waals surface area contributed by atoms with Crippen LogP contribution in [-0.2, 0) is 25.9 Å². The molecule has 1 aliphatic heterocycles. The Labute approximate surface area is 176 Å². The zero-order chi connectivity index (χ0) is 23.3. The number of fused-ring (bicyclic) bond motifs is 1. The topological polar surface area (TPSA) is 90.5 Å². The molecule has 1 aliphatic rings. The van der Waals surface area contributed by atoms with Crippen LogP contribution in [-0.4, -0.2) is 35.7 Å². The van der Waals surface area contributed by atoms with Crippen molar-refractivity contribution in [3.05, 3.63) is 47.2 Å². The fraction of sp³-hybridized carbons (Fsp3) is 0.389. The van der Waals surface area contributed by atoms with Gasteiger partial charge in [-0.25, -0.2) is 0 Å². The number of aryl methyl sites for hydroxylation is 2. The van der Waals surface area contributed by atoms with Crippen LogP contribution < -0.4 is 5.32 Å². The minimum Gasteiger partial charge on any atom is -0.342 e. The van der Waals surface area contributed by atoms with Crippen molar-refractivity contribution in [1.29, 1.82) is 0 Å². The highest BCUT2D eigenvalue weighted by molar-refractivity contribution is 5.93. The number of nitrogens with zero attached hydrogens (tertiary/aromatic N) is 6. The van der Waals surface area contributed by atoms with Gasteiger partial charge in [-0.1, -0.05) is 0 Å². The average molecular weight is 459 g/mol. The fourth-order valence-electron chi connectivity index (χ4n) is 3.47. The number of halogens is 6. The van der Waals surface area contributed by atoms with Gasteiger partial charge in [-0.05, 0) is 25.0 Å². The summed E-state index contributed by atoms with van der Waals surface area (Å²) in [6.07, 6.45) is -7.14. The van der Waals surface area contributed by atoms with Crippen LogP contribution in [0.3, 0.4) is 0 Å². The molecule has 0 radical (unpaired) electrons. The molecule has 4 heterocycles. The molecule has 0 fully saturated rings. The lowest BCUT2D eigenvalue weighted by Crippen LogP contribution is -2.33. The maximum Gasteiger partial charge on any atom is 0.435 e. The van der Waals surface area contributed by atoms with E-state index in [-0.39, 0.29) is 17.0 Å². The first-order chi connectivity index (χ1) is 14.9. The number of alkyl halides is 6. The number of carbonyl (C=O) groups excluding carboxylic acids is 1. The van der Waals surface area contributed by atoms with Gasteiger partial charge in [0, 0.05) is 25.2 Å². The van der Waals surface area contributed by atoms with Crippen LogP contribution in [0.2, 0.25) is 0 Å². The lowest BCUT2D eigenvalue weighted by atomic mass is 10.0. The number of nitrogens with one attached hydrogen (secondary N) is 1. The van der Waals surface area contributed by atoms with Gasteiger partial charge in [-0.15, -0.1) is 5.10 Å². The highest BCUT2D eigenvalue weighted by Gasteiger charge is 2.36. The van der Waals surface area contributed by atoms with Gasteiger partial charge in [-0.3, -0.25) is 14.2 Å². The van der Waals surface area contributed by atoms with E-state index in [1.54, 1.807) is 4.68 Å². The smallest absolute Gasteiger partial charge is 0.342 e. The summed E-state index contributed by atoms with van der Waals surface area (Å²) in [6, 6.07) is 2.40. The number of hydrogen-bond acceptors (Lipinski definition) is 5. The fourth-order valence-corrected chi connectivity index (χ4v) is 3.47. The highest BCUT2D eigenvalue weighted by atomic mass is 19.4. The van der Waals surface area contributed by atoms with Gasteiger partial charge in [-0.2, -0.15) is 41.6 Å². The van der Waals surface area contributed by atoms with Crippen molar-refractivity contribution in [3.63, 3.8) is 0 Å². The standard InChI is InChI=1S/C18H15F6N7O/c1-30-13(7-15(29-30)18(22,23)24)16(32)26-10-3-2-4-31-12(10)6-11(28-31)9-5-14(17(19,20)21)27-25-8-9/h5-8,10H,2-4H2,1H3,(H,26,32). The minimum absolute atomic E-state index is 0.0979. The van der Waals surface area contributed by atoms with E-state index in [2.05, 4.69) is 25.7 Å². The van der Waals surface area contributed by atoms with E-state index in [0.29, 0.717) is 31.1 Å². The molecule has 0 spiro atoms. The molecule has 1 amide bonds. The van der Waals surface area contributed by atoms with Crippen molar-refractivity contribution in [2.24, 2.45) is 7.05 Å². The Morgan fingerprint density at radius 1 is 1.06 bits per heavy atom. The monoisotopic (exact) mass is 459 g/mol. The third-order valence-electron chi connectivity index (χ3n) is 4.98. The molecule has 0 aliphatic carbocycles. The Morgan fingerprint density at radius 2 is 1.78 bits per heavy atom. The molecule has 1 unspecified atom stereocenters. The van der Waals surface area contributed by atoms with Crippen LogP contribution in [0.4, 0.5) is 26.3 Å². The van der Waals surface area contributed by atoms with E-state index in [0.717, 1.165) is 16.9 Å². The predicted molar refractivity (Wildman–Crippen MR) is 95.9 cm³/mol. The molecule has 170 valence electrons. The summed E-state index contributed by atoms with van der Waals surface area (Å²) in [7, 11) is 1.22. The molecule has 0 aromatic carbocycles. The van der Waals surface area contributed by atoms with Crippen LogP contribution in [0.15, 0.2) is 24.4 Å². The zero-order valence-corrected chi connectivity index (χ0v) is 16.4. The van der Waals surface area contributed by atoms with Crippen molar-refractivity contribution in [2.45, 2.75) is 37.8 Å². The van der Waals surface area contributed by atoms with Gasteiger partial charge >= 0.3 is 12.4 Å². The van der Waals surface area contributed by atoms with Crippen LogP contribution in [0, 0.1) is 0 Å². The highest BCUT2D eigenvalue weighted by Crippen LogP contribution is 2.33. The van der Waals surface area contributed by atoms with Gasteiger partial charge in [0.15, 0.2) is 11.4 Å². The third kappa shape index (κ3) is 4.16. The zero-order valence-electron chi connectivity index (χ0n) is 16.4. The number of rotatable bonds is 3. The van der Waals surface area contributed by atoms with Gasteiger partial charge < -0.3 is 5.32 Å². The molecular formula is C18H15F6N7O. The first-order valence-electron chi connectivity index (χ1n) is 9.33. The molecular weight excluding hydrogens is 444 g/mol. The van der Waals surface area contributed by atoms with E-state index >= 15 is 0 Å². The van der Waals surface area contributed by atoms with Crippen molar-refractivity contribution >= 4 is 5.91 Å². The minimum atomic E-state index is -4.69. The quantitative estimate of drug-likeness (QED) is 0.607. The van der Waals surface area contributed by atoms with E-state index < -0.39 is 35.7 Å². The Hall–Kier alpha value is -3.45. The van der Waals surface area contributed by atoms with Gasteiger partial charge in [0.1, 0.15) is 5.69 Å². The summed E-state index contributed by atoms with van der Waals surface area (Å²) >= 11 is 0. The Kier molecular flexibility index (Phi) is 5.17. The van der Waals surface area contributed by atoms with E-state index in [4.69, 9.17) is 0 Å². The van der Waals surface area contributed by atoms with Crippen molar-refractivity contribution in [2.75, 3.05) is 0 Å². The van der Waals surface area contributed by atoms with E-state index in [1.807, 2.05) is 0 Å². The number of aromatic nitrogens is 6. The summed E-state index contributed by atoms with van der Waals surface area (Å²) in [5.41, 5.74) is -1.80. The second-order valence-electron chi connectivity index (χ2n) is 7.21. The predicted octanol–water partition coefficient (Wildman–Crippen LogP) is 3.38. The Balaban J connectivity index is 1.60. The molecule has 1 atom stereocenters. The maximum atomic E-state index is 12.9. The first-order valence-corrected chi connectivity index (χ1v) is 9.33. The second-order valence-corrected chi connectivity index (χ2v) is 7.21. The number of amides is 1. The number of hydrogen-bond donors (Lipinski definition) is 1. The van der Waals surface area contributed by atoms with Gasteiger partial charge in [0.25, 0.3) is 5.91 Å². The molecule has 4 rings (SSSR count). The van der Waals surface area contributed by atoms with E-state index in [9.17, 15) is 31.1 Å². The molecule has 14 heteroatoms. The van der Waals surface area contributed by atoms with Crippen LogP contribution >= 0.6 is 0 Å². The van der Waals surface area contributed by atoms with Gasteiger partial charge in [0.2, 0.25) is 0 Å². The molecule has 0 saturated heterocycles. The largest absolute Gasteiger partial charge is 0.435 e. The van der Waals surface area contributed by atoms with Crippen molar-refractivity contribution < 1.29 is 31.1 Å². The normalized spacial score (nSPS) is 16.7. The summed E-state index contributed by atoms with van der Waals surface area (Å²) < 4.78 is 79.8. The maximum absolute atomic E-state index is 12.9. The van der Waals surface area contributed by atoms with Crippen LogP contribution in [0.5, 0.6) is 0 Å². The third-order valence-corrected chi connectivity index (χ3v) is 4.98. The molecule has 0 bridgehead atoms. The summed E-state index contributed by atoms with van der Waals surface area (Å²) in [5, 5.41) is 16.7. The van der Waals surface area contributed by atoms with Crippen LogP contribution in [0.25, 0.3) is 11.3 Å². The second kappa shape index (κ2) is 7.60. The van der Waals surface area contributed by atoms with Gasteiger partial charge in [0.05, 0.1) is 23.6 Å². The Morgan fingerprint density at radius 3 is 2.44 bits per heavy atom. The average Bonchev–Trinajstić information content (AvgIpc) is 3.32. The first kappa shape index (κ1) is 21.8. The van der Waals surface area contributed by atoms with E-state index in [1.165, 1.54) is 13.1 Å². The molecule has 1 N–H and O–H groups in total. The molecule has 3 aromatic heterocycles. The summed E-state index contributed by atoms with van der Waals surface area (Å²) in [4.78, 5) is 12.6. The summed E-state index contributed by atoms with van der Waals surface area (Å²) in [6.45, 7) is 0.469. The van der Waals surface area contributed by atoms with Crippen molar-refractivity contribution in [1.82, 2.24) is 35.1 Å². The molecule has 3 aromatic rings. The molecule has 32 heavy (non-hydrogen) atoms. The summed E-state index contributed by atoms with van der Waals surface area (Å²) in [5.74, 6) is -0.762.